The predicted molar refractivity (Wildman–Crippen MR) is 85.7 cm³/mol. The molecule has 2 heterocycles. The van der Waals surface area contributed by atoms with E-state index in [1.54, 1.807) is 6.92 Å². The maximum Gasteiger partial charge on any atom is 0.270 e. The minimum Gasteiger partial charge on any atom is -0.317 e. The SMILES string of the molecule is Cc1ccc([N+](=O)[O-])cc1S(=O)(=O)N1CCC2(CCNCC2)C1. The summed E-state index contributed by atoms with van der Waals surface area (Å²) in [7, 11) is -3.69. The van der Waals surface area contributed by atoms with Gasteiger partial charge in [0.2, 0.25) is 10.0 Å². The molecular weight excluding hydrogens is 318 g/mol. The molecule has 1 aromatic carbocycles. The lowest BCUT2D eigenvalue weighted by Crippen LogP contribution is -2.39. The monoisotopic (exact) mass is 339 g/mol. The fourth-order valence-electron chi connectivity index (χ4n) is 3.58. The van der Waals surface area contributed by atoms with Crippen LogP contribution in [0.1, 0.15) is 24.8 Å². The molecule has 2 aliphatic rings. The topological polar surface area (TPSA) is 92.5 Å². The molecule has 2 saturated heterocycles. The predicted octanol–water partition coefficient (Wildman–Crippen LogP) is 1.67. The fourth-order valence-corrected chi connectivity index (χ4v) is 5.38. The maximum absolute atomic E-state index is 12.9. The van der Waals surface area contributed by atoms with Gasteiger partial charge in [0.25, 0.3) is 5.69 Å². The van der Waals surface area contributed by atoms with Gasteiger partial charge in [-0.2, -0.15) is 4.31 Å². The first-order valence-electron chi connectivity index (χ1n) is 7.80. The first kappa shape index (κ1) is 16.4. The Morgan fingerprint density at radius 2 is 1.96 bits per heavy atom. The first-order chi connectivity index (χ1) is 10.8. The van der Waals surface area contributed by atoms with Crippen LogP contribution < -0.4 is 5.32 Å². The van der Waals surface area contributed by atoms with E-state index >= 15 is 0 Å². The lowest BCUT2D eigenvalue weighted by Gasteiger charge is -2.33. The molecule has 2 aliphatic heterocycles. The molecule has 1 aromatic rings. The van der Waals surface area contributed by atoms with Crippen LogP contribution in [0.15, 0.2) is 23.1 Å². The second-order valence-electron chi connectivity index (χ2n) is 6.55. The van der Waals surface area contributed by atoms with Crippen molar-refractivity contribution in [3.63, 3.8) is 0 Å². The van der Waals surface area contributed by atoms with E-state index in [0.29, 0.717) is 18.7 Å². The minimum absolute atomic E-state index is 0.0534. The molecule has 1 N–H and O–H groups in total. The van der Waals surface area contributed by atoms with Gasteiger partial charge in [0.15, 0.2) is 0 Å². The number of benzene rings is 1. The van der Waals surface area contributed by atoms with Gasteiger partial charge in [-0.1, -0.05) is 6.07 Å². The molecule has 1 spiro atoms. The van der Waals surface area contributed by atoms with Crippen molar-refractivity contribution in [3.8, 4) is 0 Å². The minimum atomic E-state index is -3.69. The molecule has 2 fully saturated rings. The smallest absolute Gasteiger partial charge is 0.270 e. The third-order valence-electron chi connectivity index (χ3n) is 5.07. The third-order valence-corrected chi connectivity index (χ3v) is 7.06. The lowest BCUT2D eigenvalue weighted by atomic mass is 9.78. The van der Waals surface area contributed by atoms with Crippen LogP contribution in [0.25, 0.3) is 0 Å². The Kier molecular flexibility index (Phi) is 4.16. The number of nitro benzene ring substituents is 1. The van der Waals surface area contributed by atoms with Gasteiger partial charge >= 0.3 is 0 Å². The number of nitro groups is 1. The van der Waals surface area contributed by atoms with E-state index < -0.39 is 14.9 Å². The highest BCUT2D eigenvalue weighted by molar-refractivity contribution is 7.89. The zero-order valence-electron chi connectivity index (χ0n) is 13.1. The molecule has 7 nitrogen and oxygen atoms in total. The number of non-ortho nitro benzene ring substituents is 1. The number of piperidine rings is 1. The molecule has 23 heavy (non-hydrogen) atoms. The Morgan fingerprint density at radius 3 is 2.61 bits per heavy atom. The van der Waals surface area contributed by atoms with Gasteiger partial charge in [-0.25, -0.2) is 8.42 Å². The second-order valence-corrected chi connectivity index (χ2v) is 8.45. The molecule has 126 valence electrons. The van der Waals surface area contributed by atoms with Crippen LogP contribution in [0.3, 0.4) is 0 Å². The third kappa shape index (κ3) is 2.98. The number of hydrogen-bond donors (Lipinski definition) is 1. The van der Waals surface area contributed by atoms with Gasteiger partial charge in [0.1, 0.15) is 0 Å². The molecular formula is C15H21N3O4S. The van der Waals surface area contributed by atoms with Crippen molar-refractivity contribution in [2.24, 2.45) is 5.41 Å². The first-order valence-corrected chi connectivity index (χ1v) is 9.24. The van der Waals surface area contributed by atoms with Crippen molar-refractivity contribution in [2.45, 2.75) is 31.1 Å². The van der Waals surface area contributed by atoms with Crippen molar-refractivity contribution < 1.29 is 13.3 Å². The fraction of sp³-hybridized carbons (Fsp3) is 0.600. The second kappa shape index (κ2) is 5.85. The summed E-state index contributed by atoms with van der Waals surface area (Å²) in [5.41, 5.74) is 0.416. The van der Waals surface area contributed by atoms with Crippen molar-refractivity contribution in [1.29, 1.82) is 0 Å². The van der Waals surface area contributed by atoms with E-state index in [1.165, 1.54) is 22.5 Å². The molecule has 3 rings (SSSR count). The highest BCUT2D eigenvalue weighted by Crippen LogP contribution is 2.41. The van der Waals surface area contributed by atoms with E-state index in [1.807, 2.05) is 0 Å². The summed E-state index contributed by atoms with van der Waals surface area (Å²) >= 11 is 0. The van der Waals surface area contributed by atoms with Crippen molar-refractivity contribution >= 4 is 15.7 Å². The zero-order valence-corrected chi connectivity index (χ0v) is 13.9. The molecule has 0 atom stereocenters. The summed E-state index contributed by atoms with van der Waals surface area (Å²) in [5, 5.41) is 14.3. The van der Waals surface area contributed by atoms with Gasteiger partial charge in [-0.05, 0) is 50.3 Å². The standard InChI is InChI=1S/C15H21N3O4S/c1-12-2-3-13(18(19)20)10-14(12)23(21,22)17-9-6-15(11-17)4-7-16-8-5-15/h2-3,10,16H,4-9,11H2,1H3. The molecule has 0 unspecified atom stereocenters. The Balaban J connectivity index is 1.90. The highest BCUT2D eigenvalue weighted by Gasteiger charge is 2.43. The number of nitrogens with one attached hydrogen (secondary N) is 1. The molecule has 0 bridgehead atoms. The van der Waals surface area contributed by atoms with E-state index in [0.717, 1.165) is 32.4 Å². The van der Waals surface area contributed by atoms with Crippen molar-refractivity contribution in [2.75, 3.05) is 26.2 Å². The van der Waals surface area contributed by atoms with E-state index in [4.69, 9.17) is 0 Å². The molecule has 0 aliphatic carbocycles. The van der Waals surface area contributed by atoms with Crippen LogP contribution in [0, 0.1) is 22.5 Å². The average Bonchev–Trinajstić information content (AvgIpc) is 2.92. The Bertz CT molecular complexity index is 726. The van der Waals surface area contributed by atoms with E-state index in [9.17, 15) is 18.5 Å². The summed E-state index contributed by atoms with van der Waals surface area (Å²) < 4.78 is 27.4. The molecule has 0 amide bonds. The molecule has 0 saturated carbocycles. The van der Waals surface area contributed by atoms with Gasteiger partial charge in [-0.3, -0.25) is 10.1 Å². The van der Waals surface area contributed by atoms with Crippen LogP contribution in [0.4, 0.5) is 5.69 Å². The Labute approximate surface area is 135 Å². The van der Waals surface area contributed by atoms with Crippen molar-refractivity contribution in [1.82, 2.24) is 9.62 Å². The maximum atomic E-state index is 12.9. The average molecular weight is 339 g/mol. The zero-order chi connectivity index (χ0) is 16.7. The highest BCUT2D eigenvalue weighted by atomic mass is 32.2. The number of hydrogen-bond acceptors (Lipinski definition) is 5. The van der Waals surface area contributed by atoms with Crippen LogP contribution in [0.2, 0.25) is 0 Å². The van der Waals surface area contributed by atoms with Gasteiger partial charge in [-0.15, -0.1) is 0 Å². The lowest BCUT2D eigenvalue weighted by molar-refractivity contribution is -0.385. The molecule has 8 heteroatoms. The Hall–Kier alpha value is -1.51. The van der Waals surface area contributed by atoms with Crippen LogP contribution >= 0.6 is 0 Å². The van der Waals surface area contributed by atoms with E-state index in [2.05, 4.69) is 5.32 Å². The van der Waals surface area contributed by atoms with Crippen LogP contribution in [-0.4, -0.2) is 43.8 Å². The quantitative estimate of drug-likeness (QED) is 0.668. The number of sulfonamides is 1. The molecule has 0 aromatic heterocycles. The van der Waals surface area contributed by atoms with Gasteiger partial charge in [0, 0.05) is 25.2 Å². The Morgan fingerprint density at radius 1 is 1.26 bits per heavy atom. The summed E-state index contributed by atoms with van der Waals surface area (Å²) in [6.07, 6.45) is 2.82. The van der Waals surface area contributed by atoms with Crippen LogP contribution in [0.5, 0.6) is 0 Å². The van der Waals surface area contributed by atoms with Crippen LogP contribution in [-0.2, 0) is 10.0 Å². The largest absolute Gasteiger partial charge is 0.317 e. The van der Waals surface area contributed by atoms with Gasteiger partial charge in [0.05, 0.1) is 9.82 Å². The number of aryl methyl sites for hydroxylation is 1. The van der Waals surface area contributed by atoms with E-state index in [-0.39, 0.29) is 16.0 Å². The van der Waals surface area contributed by atoms with Gasteiger partial charge < -0.3 is 5.32 Å². The summed E-state index contributed by atoms with van der Waals surface area (Å²) in [4.78, 5) is 10.4. The molecule has 0 radical (unpaired) electrons. The summed E-state index contributed by atoms with van der Waals surface area (Å²) in [6, 6.07) is 4.02. The summed E-state index contributed by atoms with van der Waals surface area (Å²) in [6.45, 7) is 4.52. The summed E-state index contributed by atoms with van der Waals surface area (Å²) in [5.74, 6) is 0. The van der Waals surface area contributed by atoms with Crippen molar-refractivity contribution in [3.05, 3.63) is 33.9 Å². The number of nitrogens with zero attached hydrogens (tertiary/aromatic N) is 2. The normalized spacial score (nSPS) is 21.6. The number of rotatable bonds is 3.